The van der Waals surface area contributed by atoms with Gasteiger partial charge in [0.05, 0.1) is 0 Å². The Labute approximate surface area is 109 Å². The van der Waals surface area contributed by atoms with E-state index in [-0.39, 0.29) is 0 Å². The summed E-state index contributed by atoms with van der Waals surface area (Å²) in [4.78, 5) is 2.25. The van der Waals surface area contributed by atoms with Gasteiger partial charge in [-0.05, 0) is 23.7 Å². The highest BCUT2D eigenvalue weighted by molar-refractivity contribution is 5.67. The van der Waals surface area contributed by atoms with Gasteiger partial charge in [-0.3, -0.25) is 0 Å². The van der Waals surface area contributed by atoms with Crippen LogP contribution < -0.4 is 5.73 Å². The summed E-state index contributed by atoms with van der Waals surface area (Å²) in [5.41, 5.74) is 9.52. The normalized spacial score (nSPS) is 10.8. The Hall–Kier alpha value is -1.64. The Morgan fingerprint density at radius 2 is 1.61 bits per heavy atom. The minimum absolute atomic E-state index is 0.698. The number of nitrogens with two attached hydrogens (primary N) is 1. The van der Waals surface area contributed by atoms with Crippen molar-refractivity contribution in [3.8, 4) is 11.1 Å². The van der Waals surface area contributed by atoms with E-state index in [1.165, 1.54) is 16.7 Å². The molecule has 0 amide bonds. The summed E-state index contributed by atoms with van der Waals surface area (Å²) in [5, 5.41) is 0. The van der Waals surface area contributed by atoms with Crippen molar-refractivity contribution in [1.82, 2.24) is 4.90 Å². The average Bonchev–Trinajstić information content (AvgIpc) is 2.40. The van der Waals surface area contributed by atoms with E-state index in [0.717, 1.165) is 13.1 Å². The van der Waals surface area contributed by atoms with E-state index in [4.69, 9.17) is 5.73 Å². The van der Waals surface area contributed by atoms with Gasteiger partial charge in [-0.2, -0.15) is 0 Å². The Morgan fingerprint density at radius 1 is 0.944 bits per heavy atom. The van der Waals surface area contributed by atoms with Gasteiger partial charge in [0, 0.05) is 19.6 Å². The molecule has 0 aromatic heterocycles. The van der Waals surface area contributed by atoms with Gasteiger partial charge < -0.3 is 10.6 Å². The lowest BCUT2D eigenvalue weighted by atomic mass is 9.99. The molecule has 0 spiro atoms. The lowest BCUT2D eigenvalue weighted by Crippen LogP contribution is -2.25. The van der Waals surface area contributed by atoms with Crippen molar-refractivity contribution in [3.05, 3.63) is 60.2 Å². The maximum atomic E-state index is 5.59. The first-order chi connectivity index (χ1) is 8.81. The quantitative estimate of drug-likeness (QED) is 0.870. The van der Waals surface area contributed by atoms with Gasteiger partial charge in [-0.25, -0.2) is 0 Å². The zero-order valence-electron chi connectivity index (χ0n) is 10.8. The van der Waals surface area contributed by atoms with Crippen molar-refractivity contribution in [3.63, 3.8) is 0 Å². The molecule has 2 heteroatoms. The van der Waals surface area contributed by atoms with Crippen molar-refractivity contribution in [1.29, 1.82) is 0 Å². The van der Waals surface area contributed by atoms with Crippen LogP contribution in [0.15, 0.2) is 54.6 Å². The van der Waals surface area contributed by atoms with Crippen LogP contribution in [0.5, 0.6) is 0 Å². The fraction of sp³-hybridized carbons (Fsp3) is 0.250. The molecule has 0 aliphatic heterocycles. The fourth-order valence-electron chi connectivity index (χ4n) is 2.15. The van der Waals surface area contributed by atoms with Crippen LogP contribution in [-0.4, -0.2) is 25.0 Å². The molecule has 0 heterocycles. The topological polar surface area (TPSA) is 29.3 Å². The predicted molar refractivity (Wildman–Crippen MR) is 77.3 cm³/mol. The third-order valence-corrected chi connectivity index (χ3v) is 3.05. The second kappa shape index (κ2) is 6.34. The van der Waals surface area contributed by atoms with Crippen molar-refractivity contribution in [2.75, 3.05) is 20.1 Å². The zero-order valence-corrected chi connectivity index (χ0v) is 10.8. The molecule has 0 radical (unpaired) electrons. The molecule has 0 atom stereocenters. The highest BCUT2D eigenvalue weighted by Crippen LogP contribution is 2.24. The number of rotatable bonds is 5. The number of benzene rings is 2. The predicted octanol–water partition coefficient (Wildman–Crippen LogP) is 2.74. The molecule has 0 saturated heterocycles. The zero-order chi connectivity index (χ0) is 12.8. The second-order valence-electron chi connectivity index (χ2n) is 4.55. The first kappa shape index (κ1) is 12.8. The molecular formula is C16H20N2. The summed E-state index contributed by atoms with van der Waals surface area (Å²) in [5.74, 6) is 0. The molecule has 0 saturated carbocycles. The Balaban J connectivity index is 2.26. The Morgan fingerprint density at radius 3 is 2.33 bits per heavy atom. The maximum absolute atomic E-state index is 5.59. The molecule has 0 aliphatic rings. The Bertz CT molecular complexity index is 479. The molecule has 94 valence electrons. The van der Waals surface area contributed by atoms with Gasteiger partial charge in [0.1, 0.15) is 0 Å². The lowest BCUT2D eigenvalue weighted by molar-refractivity contribution is 0.337. The van der Waals surface area contributed by atoms with Crippen LogP contribution in [0.25, 0.3) is 11.1 Å². The van der Waals surface area contributed by atoms with Crippen LogP contribution in [0.4, 0.5) is 0 Å². The molecule has 2 aromatic rings. The van der Waals surface area contributed by atoms with Crippen LogP contribution in [0.3, 0.4) is 0 Å². The molecule has 2 aromatic carbocycles. The van der Waals surface area contributed by atoms with Crippen LogP contribution in [0, 0.1) is 0 Å². The van der Waals surface area contributed by atoms with Gasteiger partial charge in [-0.15, -0.1) is 0 Å². The minimum atomic E-state index is 0.698. The van der Waals surface area contributed by atoms with E-state index in [0.29, 0.717) is 6.54 Å². The summed E-state index contributed by atoms with van der Waals surface area (Å²) in [6.45, 7) is 2.55. The van der Waals surface area contributed by atoms with Gasteiger partial charge in [-0.1, -0.05) is 54.6 Å². The largest absolute Gasteiger partial charge is 0.329 e. The molecule has 2 N–H and O–H groups in total. The maximum Gasteiger partial charge on any atom is 0.0237 e. The molecule has 18 heavy (non-hydrogen) atoms. The van der Waals surface area contributed by atoms with Crippen LogP contribution in [0.2, 0.25) is 0 Å². The third-order valence-electron chi connectivity index (χ3n) is 3.05. The van der Waals surface area contributed by atoms with Crippen LogP contribution in [0.1, 0.15) is 5.56 Å². The molecule has 0 fully saturated rings. The van der Waals surface area contributed by atoms with Gasteiger partial charge in [0.15, 0.2) is 0 Å². The van der Waals surface area contributed by atoms with Crippen LogP contribution in [-0.2, 0) is 6.54 Å². The molecule has 0 unspecified atom stereocenters. The van der Waals surface area contributed by atoms with E-state index in [9.17, 15) is 0 Å². The lowest BCUT2D eigenvalue weighted by Gasteiger charge is -2.18. The summed E-state index contributed by atoms with van der Waals surface area (Å²) >= 11 is 0. The Kier molecular flexibility index (Phi) is 4.51. The summed E-state index contributed by atoms with van der Waals surface area (Å²) in [6, 6.07) is 19.1. The van der Waals surface area contributed by atoms with Gasteiger partial charge in [0.25, 0.3) is 0 Å². The van der Waals surface area contributed by atoms with E-state index in [1.54, 1.807) is 0 Å². The number of hydrogen-bond donors (Lipinski definition) is 1. The SMILES string of the molecule is CN(CCN)Cc1ccccc1-c1ccccc1. The average molecular weight is 240 g/mol. The number of hydrogen-bond acceptors (Lipinski definition) is 2. The molecule has 2 nitrogen and oxygen atoms in total. The first-order valence-corrected chi connectivity index (χ1v) is 6.33. The third kappa shape index (κ3) is 3.19. The van der Waals surface area contributed by atoms with Crippen molar-refractivity contribution in [2.45, 2.75) is 6.54 Å². The van der Waals surface area contributed by atoms with Gasteiger partial charge in [0.2, 0.25) is 0 Å². The van der Waals surface area contributed by atoms with E-state index in [2.05, 4.69) is 60.5 Å². The van der Waals surface area contributed by atoms with E-state index in [1.807, 2.05) is 6.07 Å². The highest BCUT2D eigenvalue weighted by Gasteiger charge is 2.06. The minimum Gasteiger partial charge on any atom is -0.329 e. The summed E-state index contributed by atoms with van der Waals surface area (Å²) < 4.78 is 0. The highest BCUT2D eigenvalue weighted by atomic mass is 15.1. The number of nitrogens with zero attached hydrogens (tertiary/aromatic N) is 1. The van der Waals surface area contributed by atoms with Crippen molar-refractivity contribution < 1.29 is 0 Å². The summed E-state index contributed by atoms with van der Waals surface area (Å²) in [7, 11) is 2.11. The van der Waals surface area contributed by atoms with E-state index >= 15 is 0 Å². The van der Waals surface area contributed by atoms with Gasteiger partial charge >= 0.3 is 0 Å². The monoisotopic (exact) mass is 240 g/mol. The standard InChI is InChI=1S/C16H20N2/c1-18(12-11-17)13-15-9-5-6-10-16(15)14-7-3-2-4-8-14/h2-10H,11-13,17H2,1H3. The number of likely N-dealkylation sites (N-methyl/N-ethyl adjacent to an activating group) is 1. The summed E-state index contributed by atoms with van der Waals surface area (Å²) in [6.07, 6.45) is 0. The molecule has 2 rings (SSSR count). The second-order valence-corrected chi connectivity index (χ2v) is 4.55. The molecule has 0 aliphatic carbocycles. The smallest absolute Gasteiger partial charge is 0.0237 e. The molecule has 0 bridgehead atoms. The van der Waals surface area contributed by atoms with Crippen molar-refractivity contribution in [2.24, 2.45) is 5.73 Å². The fourth-order valence-corrected chi connectivity index (χ4v) is 2.15. The van der Waals surface area contributed by atoms with E-state index < -0.39 is 0 Å². The van der Waals surface area contributed by atoms with Crippen molar-refractivity contribution >= 4 is 0 Å². The first-order valence-electron chi connectivity index (χ1n) is 6.33. The molecular weight excluding hydrogens is 220 g/mol. The van der Waals surface area contributed by atoms with Crippen LogP contribution >= 0.6 is 0 Å².